The highest BCUT2D eigenvalue weighted by Crippen LogP contribution is 1.88. The van der Waals surface area contributed by atoms with E-state index in [9.17, 15) is 4.79 Å². The Morgan fingerprint density at radius 2 is 2.33 bits per heavy atom. The van der Waals surface area contributed by atoms with E-state index < -0.39 is 0 Å². The van der Waals surface area contributed by atoms with Crippen molar-refractivity contribution in [3.05, 3.63) is 6.92 Å². The van der Waals surface area contributed by atoms with Crippen LogP contribution in [-0.4, -0.2) is 19.0 Å². The lowest BCUT2D eigenvalue weighted by Gasteiger charge is -1.96. The Kier molecular flexibility index (Phi) is 5.52. The molecule has 2 heteroatoms. The Bertz CT molecular complexity index is 79.0. The summed E-state index contributed by atoms with van der Waals surface area (Å²) in [6, 6.07) is 0. The number of ether oxygens (including phenoxy) is 1. The largest absolute Gasteiger partial charge is 0.373 e. The van der Waals surface area contributed by atoms with Gasteiger partial charge < -0.3 is 4.74 Å². The maximum atomic E-state index is 10.6. The van der Waals surface area contributed by atoms with Crippen molar-refractivity contribution >= 4 is 5.78 Å². The lowest BCUT2D eigenvalue weighted by Crippen LogP contribution is -2.07. The lowest BCUT2D eigenvalue weighted by atomic mass is 10.2. The van der Waals surface area contributed by atoms with E-state index >= 15 is 0 Å². The molecule has 9 heavy (non-hydrogen) atoms. The first kappa shape index (κ1) is 8.63. The molecule has 0 aliphatic rings. The number of hydrogen-bond acceptors (Lipinski definition) is 2. The molecule has 2 nitrogen and oxygen atoms in total. The molecule has 0 aromatic rings. The van der Waals surface area contributed by atoms with E-state index in [4.69, 9.17) is 6.92 Å². The molecule has 0 aromatic heterocycles. The van der Waals surface area contributed by atoms with Gasteiger partial charge in [0.25, 0.3) is 0 Å². The van der Waals surface area contributed by atoms with Gasteiger partial charge in [0.05, 0.1) is 6.61 Å². The van der Waals surface area contributed by atoms with E-state index in [-0.39, 0.29) is 19.0 Å². The van der Waals surface area contributed by atoms with Crippen LogP contribution in [0.4, 0.5) is 0 Å². The van der Waals surface area contributed by atoms with Crippen LogP contribution in [0.15, 0.2) is 0 Å². The molecule has 0 heterocycles. The summed E-state index contributed by atoms with van der Waals surface area (Å²) in [5.74, 6) is 0.128. The van der Waals surface area contributed by atoms with Gasteiger partial charge in [-0.2, -0.15) is 0 Å². The molecule has 0 spiro atoms. The minimum Gasteiger partial charge on any atom is -0.373 e. The third-order valence-corrected chi connectivity index (χ3v) is 0.910. The van der Waals surface area contributed by atoms with E-state index in [0.29, 0.717) is 6.42 Å². The summed E-state index contributed by atoms with van der Waals surface area (Å²) in [5, 5.41) is 0. The Hall–Kier alpha value is -0.370. The van der Waals surface area contributed by atoms with Crippen molar-refractivity contribution in [2.24, 2.45) is 0 Å². The molecule has 0 atom stereocenters. The van der Waals surface area contributed by atoms with Crippen LogP contribution in [-0.2, 0) is 9.53 Å². The van der Waals surface area contributed by atoms with Gasteiger partial charge in [0.15, 0.2) is 5.78 Å². The maximum Gasteiger partial charge on any atom is 0.158 e. The zero-order valence-corrected chi connectivity index (χ0v) is 5.72. The molecular weight excluding hydrogens is 116 g/mol. The number of ketones is 1. The first-order valence-corrected chi connectivity index (χ1v) is 3.10. The topological polar surface area (TPSA) is 26.3 Å². The molecule has 0 aromatic carbocycles. The van der Waals surface area contributed by atoms with Crippen LogP contribution in [0.25, 0.3) is 0 Å². The summed E-state index contributed by atoms with van der Waals surface area (Å²) < 4.78 is 4.68. The molecule has 0 aliphatic heterocycles. The van der Waals surface area contributed by atoms with E-state index in [1.54, 1.807) is 0 Å². The van der Waals surface area contributed by atoms with E-state index in [2.05, 4.69) is 4.74 Å². The highest BCUT2D eigenvalue weighted by atomic mass is 16.5. The minimum atomic E-state index is 0.128. The number of rotatable bonds is 5. The minimum absolute atomic E-state index is 0.128. The Morgan fingerprint density at radius 1 is 1.67 bits per heavy atom. The van der Waals surface area contributed by atoms with Gasteiger partial charge in [0, 0.05) is 6.42 Å². The van der Waals surface area contributed by atoms with Gasteiger partial charge in [-0.25, -0.2) is 0 Å². The van der Waals surface area contributed by atoms with Crippen molar-refractivity contribution < 1.29 is 9.53 Å². The molecule has 0 saturated carbocycles. The third kappa shape index (κ3) is 5.50. The summed E-state index contributed by atoms with van der Waals surface area (Å²) in [7, 11) is 0. The van der Waals surface area contributed by atoms with Crippen LogP contribution in [0, 0.1) is 6.92 Å². The van der Waals surface area contributed by atoms with E-state index in [0.717, 1.165) is 6.42 Å². The summed E-state index contributed by atoms with van der Waals surface area (Å²) in [5.41, 5.74) is 0. The van der Waals surface area contributed by atoms with Crippen molar-refractivity contribution in [2.75, 3.05) is 13.2 Å². The van der Waals surface area contributed by atoms with Gasteiger partial charge >= 0.3 is 0 Å². The van der Waals surface area contributed by atoms with Crippen LogP contribution >= 0.6 is 0 Å². The van der Waals surface area contributed by atoms with Crippen LogP contribution < -0.4 is 0 Å². The maximum absolute atomic E-state index is 10.6. The second-order valence-electron chi connectivity index (χ2n) is 1.80. The molecule has 0 unspecified atom stereocenters. The van der Waals surface area contributed by atoms with Crippen molar-refractivity contribution in [1.29, 1.82) is 0 Å². The number of carbonyl (C=O) groups is 1. The van der Waals surface area contributed by atoms with Gasteiger partial charge in [-0.3, -0.25) is 4.79 Å². The normalized spacial score (nSPS) is 9.56. The molecule has 0 amide bonds. The summed E-state index contributed by atoms with van der Waals surface area (Å²) in [6.07, 6.45) is 1.48. The zero-order valence-electron chi connectivity index (χ0n) is 5.72. The van der Waals surface area contributed by atoms with Crippen LogP contribution in [0.3, 0.4) is 0 Å². The van der Waals surface area contributed by atoms with Gasteiger partial charge in [-0.15, -0.1) is 0 Å². The van der Waals surface area contributed by atoms with Gasteiger partial charge in [0.2, 0.25) is 0 Å². The summed E-state index contributed by atoms with van der Waals surface area (Å²) in [4.78, 5) is 10.6. The fourth-order valence-electron chi connectivity index (χ4n) is 0.524. The van der Waals surface area contributed by atoms with E-state index in [1.165, 1.54) is 0 Å². The summed E-state index contributed by atoms with van der Waals surface area (Å²) in [6.45, 7) is 7.26. The Morgan fingerprint density at radius 3 is 2.78 bits per heavy atom. The van der Waals surface area contributed by atoms with Crippen molar-refractivity contribution in [1.82, 2.24) is 0 Å². The zero-order chi connectivity index (χ0) is 7.11. The molecule has 0 N–H and O–H groups in total. The molecule has 2 radical (unpaired) electrons. The second-order valence-corrected chi connectivity index (χ2v) is 1.80. The highest BCUT2D eigenvalue weighted by Gasteiger charge is 1.96. The van der Waals surface area contributed by atoms with Gasteiger partial charge in [-0.1, -0.05) is 6.92 Å². The molecule has 0 fully saturated rings. The molecule has 0 bridgehead atoms. The van der Waals surface area contributed by atoms with Crippen LogP contribution in [0.2, 0.25) is 0 Å². The monoisotopic (exact) mass is 128 g/mol. The SMILES string of the molecule is [CH]COCC(=O)CCC. The number of hydrogen-bond donors (Lipinski definition) is 0. The Labute approximate surface area is 56.2 Å². The number of carbonyl (C=O) groups excluding carboxylic acids is 1. The quantitative estimate of drug-likeness (QED) is 0.554. The third-order valence-electron chi connectivity index (χ3n) is 0.910. The van der Waals surface area contributed by atoms with Gasteiger partial charge in [-0.05, 0) is 13.3 Å². The van der Waals surface area contributed by atoms with E-state index in [1.807, 2.05) is 6.92 Å². The standard InChI is InChI=1S/C7H12O2/c1-3-5-7(8)6-9-4-2/h2H,3-6H2,1H3. The van der Waals surface area contributed by atoms with Crippen molar-refractivity contribution in [3.63, 3.8) is 0 Å². The molecule has 0 saturated heterocycles. The fraction of sp³-hybridized carbons (Fsp3) is 0.714. The molecule has 0 aliphatic carbocycles. The molecule has 52 valence electrons. The average molecular weight is 128 g/mol. The lowest BCUT2D eigenvalue weighted by molar-refractivity contribution is -0.123. The molecular formula is C7H12O2. The Balaban J connectivity index is 3.06. The van der Waals surface area contributed by atoms with Gasteiger partial charge in [0.1, 0.15) is 6.61 Å². The van der Waals surface area contributed by atoms with Crippen LogP contribution in [0.5, 0.6) is 0 Å². The highest BCUT2D eigenvalue weighted by molar-refractivity contribution is 5.79. The average Bonchev–Trinajstić information content (AvgIpc) is 1.85. The van der Waals surface area contributed by atoms with Crippen LogP contribution in [0.1, 0.15) is 19.8 Å². The summed E-state index contributed by atoms with van der Waals surface area (Å²) >= 11 is 0. The first-order chi connectivity index (χ1) is 4.31. The fourth-order valence-corrected chi connectivity index (χ4v) is 0.524. The van der Waals surface area contributed by atoms with Crippen molar-refractivity contribution in [3.8, 4) is 0 Å². The number of Topliss-reactive ketones (excluding diaryl/α,β-unsaturated/α-hetero) is 1. The second kappa shape index (κ2) is 5.76. The molecule has 0 rings (SSSR count). The predicted octanol–water partition coefficient (Wildman–Crippen LogP) is 1.08. The van der Waals surface area contributed by atoms with Crippen molar-refractivity contribution in [2.45, 2.75) is 19.8 Å². The smallest absolute Gasteiger partial charge is 0.158 e. The predicted molar refractivity (Wildman–Crippen MR) is 35.0 cm³/mol. The first-order valence-electron chi connectivity index (χ1n) is 3.10.